The molecule has 2 atom stereocenters. The zero-order valence-corrected chi connectivity index (χ0v) is 12.1. The lowest BCUT2D eigenvalue weighted by atomic mass is 9.93. The zero-order chi connectivity index (χ0) is 14.5. The number of rotatable bonds is 7. The molecule has 0 aliphatic heterocycles. The molecule has 19 heavy (non-hydrogen) atoms. The van der Waals surface area contributed by atoms with Crippen LogP contribution < -0.4 is 5.32 Å². The first-order valence-corrected chi connectivity index (χ1v) is 6.93. The summed E-state index contributed by atoms with van der Waals surface area (Å²) in [5.74, 6) is -0.817. The third-order valence-electron chi connectivity index (χ3n) is 3.91. The minimum absolute atomic E-state index is 0.0375. The predicted octanol–water partition coefficient (Wildman–Crippen LogP) is 1.81. The number of nitrogens with one attached hydrogen (secondary N) is 1. The first kappa shape index (κ1) is 16.0. The van der Waals surface area contributed by atoms with Gasteiger partial charge >= 0.3 is 5.97 Å². The summed E-state index contributed by atoms with van der Waals surface area (Å²) in [6.45, 7) is 3.30. The molecule has 0 aromatic heterocycles. The Kier molecular flexibility index (Phi) is 5.79. The van der Waals surface area contributed by atoms with Gasteiger partial charge in [0, 0.05) is 13.0 Å². The molecule has 0 heterocycles. The van der Waals surface area contributed by atoms with Crippen molar-refractivity contribution in [3.05, 3.63) is 0 Å². The number of methoxy groups -OCH3 is 1. The third kappa shape index (κ3) is 4.49. The number of carboxylic acids is 1. The second-order valence-corrected chi connectivity index (χ2v) is 5.85. The molecule has 1 amide bonds. The second kappa shape index (κ2) is 6.89. The van der Waals surface area contributed by atoms with Gasteiger partial charge < -0.3 is 15.2 Å². The van der Waals surface area contributed by atoms with Crippen LogP contribution in [0, 0.1) is 11.8 Å². The standard InChI is InChI=1S/C14H25NO4/c1-10(8-11-6-4-5-7-11)12(16)15-14(2,9-19-3)13(17)18/h10-11H,4-9H2,1-3H3,(H,15,16)(H,17,18). The number of carbonyl (C=O) groups excluding carboxylic acids is 1. The highest BCUT2D eigenvalue weighted by Crippen LogP contribution is 2.30. The number of carboxylic acid groups (broad SMARTS) is 1. The van der Waals surface area contributed by atoms with Gasteiger partial charge in [-0.3, -0.25) is 4.79 Å². The van der Waals surface area contributed by atoms with Crippen LogP contribution in [0.4, 0.5) is 0 Å². The molecule has 1 fully saturated rings. The van der Waals surface area contributed by atoms with E-state index in [1.807, 2.05) is 6.92 Å². The van der Waals surface area contributed by atoms with Crippen molar-refractivity contribution in [3.63, 3.8) is 0 Å². The van der Waals surface area contributed by atoms with Gasteiger partial charge in [0.15, 0.2) is 5.54 Å². The molecule has 1 rings (SSSR count). The number of hydrogen-bond donors (Lipinski definition) is 2. The number of hydrogen-bond acceptors (Lipinski definition) is 3. The molecule has 2 N–H and O–H groups in total. The quantitative estimate of drug-likeness (QED) is 0.740. The summed E-state index contributed by atoms with van der Waals surface area (Å²) in [5.41, 5.74) is -1.35. The first-order chi connectivity index (χ1) is 8.89. The van der Waals surface area contributed by atoms with Gasteiger partial charge in [0.2, 0.25) is 5.91 Å². The summed E-state index contributed by atoms with van der Waals surface area (Å²) in [4.78, 5) is 23.3. The van der Waals surface area contributed by atoms with Gasteiger partial charge in [-0.05, 0) is 19.3 Å². The van der Waals surface area contributed by atoms with E-state index in [1.165, 1.54) is 39.7 Å². The monoisotopic (exact) mass is 271 g/mol. The van der Waals surface area contributed by atoms with Crippen molar-refractivity contribution in [3.8, 4) is 0 Å². The van der Waals surface area contributed by atoms with Crippen LogP contribution in [-0.2, 0) is 14.3 Å². The van der Waals surface area contributed by atoms with E-state index >= 15 is 0 Å². The molecule has 5 heteroatoms. The van der Waals surface area contributed by atoms with Crippen LogP contribution in [0.1, 0.15) is 46.0 Å². The van der Waals surface area contributed by atoms with E-state index in [9.17, 15) is 14.7 Å². The van der Waals surface area contributed by atoms with E-state index in [0.29, 0.717) is 5.92 Å². The van der Waals surface area contributed by atoms with E-state index in [0.717, 1.165) is 6.42 Å². The van der Waals surface area contributed by atoms with Crippen molar-refractivity contribution in [2.24, 2.45) is 11.8 Å². The van der Waals surface area contributed by atoms with Crippen molar-refractivity contribution in [2.75, 3.05) is 13.7 Å². The van der Waals surface area contributed by atoms with E-state index in [1.54, 1.807) is 0 Å². The molecule has 0 aromatic carbocycles. The van der Waals surface area contributed by atoms with Crippen LogP contribution in [-0.4, -0.2) is 36.2 Å². The fourth-order valence-electron chi connectivity index (χ4n) is 2.69. The van der Waals surface area contributed by atoms with Gasteiger partial charge in [0.05, 0.1) is 6.61 Å². The Morgan fingerprint density at radius 3 is 2.47 bits per heavy atom. The molecular weight excluding hydrogens is 246 g/mol. The summed E-state index contributed by atoms with van der Waals surface area (Å²) in [6, 6.07) is 0. The Hall–Kier alpha value is -1.10. The molecule has 1 aliphatic carbocycles. The van der Waals surface area contributed by atoms with Crippen LogP contribution in [0.25, 0.3) is 0 Å². The summed E-state index contributed by atoms with van der Waals surface area (Å²) in [5, 5.41) is 11.8. The lowest BCUT2D eigenvalue weighted by Gasteiger charge is -2.27. The van der Waals surface area contributed by atoms with Crippen molar-refractivity contribution >= 4 is 11.9 Å². The van der Waals surface area contributed by atoms with Crippen LogP contribution >= 0.6 is 0 Å². The average molecular weight is 271 g/mol. The highest BCUT2D eigenvalue weighted by atomic mass is 16.5. The number of amides is 1. The molecule has 0 saturated heterocycles. The van der Waals surface area contributed by atoms with E-state index < -0.39 is 11.5 Å². The Labute approximate surface area is 114 Å². The van der Waals surface area contributed by atoms with Crippen LogP contribution in [0.5, 0.6) is 0 Å². The molecule has 0 spiro atoms. The largest absolute Gasteiger partial charge is 0.479 e. The molecule has 1 aliphatic rings. The lowest BCUT2D eigenvalue weighted by Crippen LogP contribution is -2.56. The van der Waals surface area contributed by atoms with E-state index in [2.05, 4.69) is 5.32 Å². The van der Waals surface area contributed by atoms with E-state index in [-0.39, 0.29) is 18.4 Å². The Morgan fingerprint density at radius 2 is 2.00 bits per heavy atom. The molecule has 2 unspecified atom stereocenters. The number of aliphatic carboxylic acids is 1. The normalized spacial score (nSPS) is 20.8. The minimum Gasteiger partial charge on any atom is -0.479 e. The second-order valence-electron chi connectivity index (χ2n) is 5.85. The molecule has 0 radical (unpaired) electrons. The van der Waals surface area contributed by atoms with Gasteiger partial charge in [-0.1, -0.05) is 32.6 Å². The molecule has 0 bridgehead atoms. The fraction of sp³-hybridized carbons (Fsp3) is 0.857. The van der Waals surface area contributed by atoms with Crippen LogP contribution in [0.2, 0.25) is 0 Å². The maximum absolute atomic E-state index is 12.1. The van der Waals surface area contributed by atoms with Crippen molar-refractivity contribution in [1.82, 2.24) is 5.32 Å². The Morgan fingerprint density at radius 1 is 1.42 bits per heavy atom. The molecule has 5 nitrogen and oxygen atoms in total. The van der Waals surface area contributed by atoms with Gasteiger partial charge in [-0.15, -0.1) is 0 Å². The Balaban J connectivity index is 2.53. The van der Waals surface area contributed by atoms with Gasteiger partial charge in [-0.25, -0.2) is 4.79 Å². The van der Waals surface area contributed by atoms with Crippen molar-refractivity contribution < 1.29 is 19.4 Å². The Bertz CT molecular complexity index is 325. The highest BCUT2D eigenvalue weighted by Gasteiger charge is 2.36. The molecule has 110 valence electrons. The van der Waals surface area contributed by atoms with Crippen molar-refractivity contribution in [2.45, 2.75) is 51.5 Å². The average Bonchev–Trinajstić information content (AvgIpc) is 2.81. The fourth-order valence-corrected chi connectivity index (χ4v) is 2.69. The van der Waals surface area contributed by atoms with Gasteiger partial charge in [0.25, 0.3) is 0 Å². The molecular formula is C14H25NO4. The van der Waals surface area contributed by atoms with Gasteiger partial charge in [0.1, 0.15) is 0 Å². The third-order valence-corrected chi connectivity index (χ3v) is 3.91. The first-order valence-electron chi connectivity index (χ1n) is 6.93. The van der Waals surface area contributed by atoms with Crippen molar-refractivity contribution in [1.29, 1.82) is 0 Å². The summed E-state index contributed by atoms with van der Waals surface area (Å²) in [6.07, 6.45) is 5.71. The molecule has 1 saturated carbocycles. The predicted molar refractivity (Wildman–Crippen MR) is 71.8 cm³/mol. The number of ether oxygens (including phenoxy) is 1. The van der Waals surface area contributed by atoms with E-state index in [4.69, 9.17) is 4.74 Å². The maximum Gasteiger partial charge on any atom is 0.331 e. The maximum atomic E-state index is 12.1. The summed E-state index contributed by atoms with van der Waals surface area (Å²) >= 11 is 0. The van der Waals surface area contributed by atoms with Crippen LogP contribution in [0.15, 0.2) is 0 Å². The van der Waals surface area contributed by atoms with Crippen LogP contribution in [0.3, 0.4) is 0 Å². The summed E-state index contributed by atoms with van der Waals surface area (Å²) in [7, 11) is 1.43. The molecule has 0 aromatic rings. The number of carbonyl (C=O) groups is 2. The topological polar surface area (TPSA) is 75.6 Å². The minimum atomic E-state index is -1.35. The van der Waals surface area contributed by atoms with Gasteiger partial charge in [-0.2, -0.15) is 0 Å². The summed E-state index contributed by atoms with van der Waals surface area (Å²) < 4.78 is 4.89. The highest BCUT2D eigenvalue weighted by molar-refractivity contribution is 5.87. The zero-order valence-electron chi connectivity index (χ0n) is 12.1. The smallest absolute Gasteiger partial charge is 0.331 e. The SMILES string of the molecule is COCC(C)(NC(=O)C(C)CC1CCCC1)C(=O)O. The lowest BCUT2D eigenvalue weighted by molar-refractivity contribution is -0.150.